The summed E-state index contributed by atoms with van der Waals surface area (Å²) in [6.07, 6.45) is 40.7. The topological polar surface area (TPSA) is 115 Å². The van der Waals surface area contributed by atoms with E-state index in [9.17, 15) is 20.1 Å². The van der Waals surface area contributed by atoms with Crippen LogP contribution in [0.25, 0.3) is 21.5 Å². The Morgan fingerprint density at radius 1 is 0.415 bits per heavy atom. The molecule has 2 atom stereocenters. The van der Waals surface area contributed by atoms with Crippen LogP contribution in [0.2, 0.25) is 0 Å². The molecular weight excluding hydrogens is 813 g/mol. The van der Waals surface area contributed by atoms with Crippen molar-refractivity contribution in [2.24, 2.45) is 0 Å². The van der Waals surface area contributed by atoms with Crippen molar-refractivity contribution in [3.8, 4) is 11.5 Å². The molecule has 0 radical (unpaired) electrons. The van der Waals surface area contributed by atoms with Gasteiger partial charge in [-0.15, -0.1) is 0 Å². The van der Waals surface area contributed by atoms with E-state index in [2.05, 4.69) is 13.8 Å². The zero-order valence-corrected chi connectivity index (χ0v) is 41.4. The van der Waals surface area contributed by atoms with E-state index in [4.69, 9.17) is 18.9 Å². The maximum atomic E-state index is 12.1. The largest absolute Gasteiger partial charge is 0.489 e. The number of aromatic carboxylic acids is 1. The molecule has 0 aliphatic rings. The number of fused-ring (bicyclic) bond motifs is 2. The van der Waals surface area contributed by atoms with E-state index in [0.717, 1.165) is 36.5 Å². The number of unbranched alkanes of at least 4 members (excludes halogenated alkanes) is 30. The minimum atomic E-state index is -1.05. The second-order valence-corrected chi connectivity index (χ2v) is 19.0. The van der Waals surface area contributed by atoms with Crippen LogP contribution in [-0.2, 0) is 9.47 Å². The van der Waals surface area contributed by atoms with Crippen molar-refractivity contribution in [1.82, 2.24) is 0 Å². The Labute approximate surface area is 395 Å². The summed E-state index contributed by atoms with van der Waals surface area (Å²) in [5.74, 6) is -0.0297. The summed E-state index contributed by atoms with van der Waals surface area (Å²) in [6.45, 7) is 6.12. The number of hydrogen-bond acceptors (Lipinski definition) is 7. The molecule has 0 saturated heterocycles. The van der Waals surface area contributed by atoms with Crippen LogP contribution in [-0.4, -0.2) is 73.1 Å². The molecule has 0 heterocycles. The van der Waals surface area contributed by atoms with Gasteiger partial charge in [-0.2, -0.15) is 0 Å². The van der Waals surface area contributed by atoms with Crippen LogP contribution in [0.4, 0.5) is 0 Å². The number of rotatable bonds is 45. The smallest absolute Gasteiger partial charge is 0.335 e. The maximum absolute atomic E-state index is 12.1. The number of carboxylic acid groups (broad SMARTS) is 1. The Morgan fingerprint density at radius 2 is 0.723 bits per heavy atom. The lowest BCUT2D eigenvalue weighted by Crippen LogP contribution is -2.24. The van der Waals surface area contributed by atoms with E-state index in [1.807, 2.05) is 24.3 Å². The Morgan fingerprint density at radius 3 is 1.06 bits per heavy atom. The van der Waals surface area contributed by atoms with Crippen molar-refractivity contribution in [2.45, 2.75) is 232 Å². The molecule has 0 saturated carbocycles. The summed E-state index contributed by atoms with van der Waals surface area (Å²) in [5.41, 5.74) is 0.119. The molecular formula is C57H94O8. The van der Waals surface area contributed by atoms with Gasteiger partial charge in [0.05, 0.1) is 18.8 Å². The van der Waals surface area contributed by atoms with Gasteiger partial charge in [0.2, 0.25) is 0 Å². The van der Waals surface area contributed by atoms with Crippen LogP contribution in [0.5, 0.6) is 11.5 Å². The van der Waals surface area contributed by atoms with Crippen LogP contribution in [0.1, 0.15) is 230 Å². The average Bonchev–Trinajstić information content (AvgIpc) is 3.31. The van der Waals surface area contributed by atoms with Crippen LogP contribution in [0.3, 0.4) is 0 Å². The summed E-state index contributed by atoms with van der Waals surface area (Å²) in [6, 6.07) is 12.5. The molecule has 3 rings (SSSR count). The Bertz CT molecular complexity index is 1610. The van der Waals surface area contributed by atoms with Crippen LogP contribution >= 0.6 is 0 Å². The number of hydrogen-bond donors (Lipinski definition) is 3. The van der Waals surface area contributed by atoms with Crippen molar-refractivity contribution in [3.05, 3.63) is 48.0 Å². The fourth-order valence-corrected chi connectivity index (χ4v) is 8.94. The molecule has 3 aromatic rings. The van der Waals surface area contributed by atoms with Gasteiger partial charge in [-0.05, 0) is 31.0 Å². The van der Waals surface area contributed by atoms with E-state index >= 15 is 0 Å². The van der Waals surface area contributed by atoms with Gasteiger partial charge in [0.1, 0.15) is 36.9 Å². The SMILES string of the molecule is CCCCCCCCCCCCCCCCCCOCC(O)COc1c2ccccc2c(OCC(O)COCCCCCCCCCCCCCCCCCC)c2cc(C(=O)O)ccc12. The lowest BCUT2D eigenvalue weighted by atomic mass is 9.98. The van der Waals surface area contributed by atoms with Crippen molar-refractivity contribution in [3.63, 3.8) is 0 Å². The molecule has 3 aromatic carbocycles. The van der Waals surface area contributed by atoms with Gasteiger partial charge in [0.25, 0.3) is 0 Å². The van der Waals surface area contributed by atoms with Gasteiger partial charge in [-0.3, -0.25) is 0 Å². The molecule has 0 amide bonds. The average molecular weight is 907 g/mol. The van der Waals surface area contributed by atoms with Gasteiger partial charge < -0.3 is 34.3 Å². The second kappa shape index (κ2) is 38.1. The Kier molecular flexibility index (Phi) is 33.1. The molecule has 0 fully saturated rings. The van der Waals surface area contributed by atoms with Crippen molar-refractivity contribution in [1.29, 1.82) is 0 Å². The molecule has 0 aromatic heterocycles. The first-order valence-corrected chi connectivity index (χ1v) is 26.9. The molecule has 8 nitrogen and oxygen atoms in total. The normalized spacial score (nSPS) is 12.6. The van der Waals surface area contributed by atoms with Crippen LogP contribution in [0.15, 0.2) is 42.5 Å². The minimum Gasteiger partial charge on any atom is -0.489 e. The molecule has 0 aliphatic carbocycles. The lowest BCUT2D eigenvalue weighted by molar-refractivity contribution is 0.0111. The first-order chi connectivity index (χ1) is 32.0. The summed E-state index contributed by atoms with van der Waals surface area (Å²) in [7, 11) is 0. The first kappa shape index (κ1) is 56.4. The van der Waals surface area contributed by atoms with Crippen molar-refractivity contribution >= 4 is 27.5 Å². The van der Waals surface area contributed by atoms with Crippen LogP contribution < -0.4 is 9.47 Å². The summed E-state index contributed by atoms with van der Waals surface area (Å²) in [4.78, 5) is 12.1. The maximum Gasteiger partial charge on any atom is 0.335 e. The van der Waals surface area contributed by atoms with Gasteiger partial charge >= 0.3 is 5.97 Å². The standard InChI is InChI=1S/C57H94O8/c1-3-5-7-9-11-13-15-17-19-21-23-25-27-29-31-35-41-62-44-49(58)46-64-55-51-37-33-34-38-52(51)56(54-43-48(57(60)61)39-40-53(54)55)65-47-50(59)45-63-42-36-32-30-28-26-24-22-20-18-16-14-12-10-8-6-4-2/h33-34,37-40,43,49-50,58-59H,3-32,35-36,41-42,44-47H2,1-2H3,(H,60,61). The van der Waals surface area contributed by atoms with Crippen molar-refractivity contribution < 1.29 is 39.1 Å². The molecule has 370 valence electrons. The van der Waals surface area contributed by atoms with Crippen LogP contribution in [0, 0.1) is 0 Å². The zero-order valence-electron chi connectivity index (χ0n) is 41.4. The fourth-order valence-electron chi connectivity index (χ4n) is 8.94. The number of benzene rings is 3. The highest BCUT2D eigenvalue weighted by atomic mass is 16.5. The monoisotopic (exact) mass is 907 g/mol. The van der Waals surface area contributed by atoms with Crippen molar-refractivity contribution in [2.75, 3.05) is 39.6 Å². The molecule has 0 spiro atoms. The number of aliphatic hydroxyl groups excluding tert-OH is 2. The first-order valence-electron chi connectivity index (χ1n) is 26.9. The highest BCUT2D eigenvalue weighted by molar-refractivity contribution is 6.12. The van der Waals surface area contributed by atoms with Gasteiger partial charge in [0, 0.05) is 34.8 Å². The van der Waals surface area contributed by atoms with E-state index < -0.39 is 18.2 Å². The third-order valence-electron chi connectivity index (χ3n) is 12.9. The predicted molar refractivity (Wildman–Crippen MR) is 272 cm³/mol. The quantitative estimate of drug-likeness (QED) is 0.0379. The molecule has 0 aliphatic heterocycles. The molecule has 8 heteroatoms. The lowest BCUT2D eigenvalue weighted by Gasteiger charge is -2.20. The Hall–Kier alpha value is -2.91. The summed E-state index contributed by atoms with van der Waals surface area (Å²) >= 11 is 0. The number of ether oxygens (including phenoxy) is 4. The highest BCUT2D eigenvalue weighted by Gasteiger charge is 2.20. The van der Waals surface area contributed by atoms with E-state index in [-0.39, 0.29) is 32.0 Å². The summed E-state index contributed by atoms with van der Waals surface area (Å²) in [5, 5.41) is 34.3. The number of aliphatic hydroxyl groups is 2. The van der Waals surface area contributed by atoms with E-state index in [0.29, 0.717) is 35.5 Å². The highest BCUT2D eigenvalue weighted by Crippen LogP contribution is 2.43. The molecule has 2 unspecified atom stereocenters. The second-order valence-electron chi connectivity index (χ2n) is 19.0. The number of carbonyl (C=O) groups is 1. The zero-order chi connectivity index (χ0) is 46.4. The molecule has 3 N–H and O–H groups in total. The van der Waals surface area contributed by atoms with Gasteiger partial charge in [-0.25, -0.2) is 4.79 Å². The molecule has 0 bridgehead atoms. The summed E-state index contributed by atoms with van der Waals surface area (Å²) < 4.78 is 24.3. The van der Waals surface area contributed by atoms with Gasteiger partial charge in [0.15, 0.2) is 0 Å². The number of carboxylic acids is 1. The van der Waals surface area contributed by atoms with E-state index in [1.54, 1.807) is 18.2 Å². The third-order valence-corrected chi connectivity index (χ3v) is 12.9. The third kappa shape index (κ3) is 25.7. The molecule has 65 heavy (non-hydrogen) atoms. The van der Waals surface area contributed by atoms with E-state index in [1.165, 1.54) is 180 Å². The predicted octanol–water partition coefficient (Wildman–Crippen LogP) is 15.7. The van der Waals surface area contributed by atoms with Gasteiger partial charge in [-0.1, -0.05) is 231 Å². The minimum absolute atomic E-state index is 0.00892. The fraction of sp³-hybridized carbons (Fsp3) is 0.737. The Balaban J connectivity index is 1.32.